The Morgan fingerprint density at radius 1 is 0.519 bits per heavy atom. The average Bonchev–Trinajstić information content (AvgIpc) is 3.78. The largest absolute Gasteiger partial charge is 0.360 e. The summed E-state index contributed by atoms with van der Waals surface area (Å²) >= 11 is 0. The molecule has 1 N–H and O–H groups in total. The van der Waals surface area contributed by atoms with Crippen LogP contribution in [0.5, 0.6) is 0 Å². The van der Waals surface area contributed by atoms with Gasteiger partial charge in [-0.25, -0.2) is 0 Å². The zero-order valence-electron chi connectivity index (χ0n) is 30.2. The molecule has 8 aromatic carbocycles. The number of allylic oxidation sites excluding steroid dienone is 2. The molecule has 4 heteroatoms. The average molecular weight is 695 g/mol. The second-order valence-corrected chi connectivity index (χ2v) is 14.9. The Labute approximate surface area is 315 Å². The van der Waals surface area contributed by atoms with E-state index in [9.17, 15) is 0 Å². The quantitative estimate of drug-likeness (QED) is 0.139. The highest BCUT2D eigenvalue weighted by molar-refractivity contribution is 6.24. The summed E-state index contributed by atoms with van der Waals surface area (Å²) in [5.41, 5.74) is 12.8. The summed E-state index contributed by atoms with van der Waals surface area (Å²) in [6.45, 7) is 4.48. The van der Waals surface area contributed by atoms with Crippen LogP contribution in [0, 0.1) is 0 Å². The van der Waals surface area contributed by atoms with Crippen LogP contribution in [0.15, 0.2) is 181 Å². The maximum atomic E-state index is 5.39. The Kier molecular flexibility index (Phi) is 6.92. The molecule has 4 atom stereocenters. The number of hydrogen-bond donors (Lipinski definition) is 1. The molecule has 0 radical (unpaired) electrons. The second-order valence-electron chi connectivity index (χ2n) is 14.9. The Hall–Kier alpha value is -6.49. The van der Waals surface area contributed by atoms with Crippen molar-refractivity contribution in [1.29, 1.82) is 0 Å². The summed E-state index contributed by atoms with van der Waals surface area (Å²) in [4.78, 5) is 5.39. The molecule has 0 bridgehead atoms. The number of hydrogen-bond acceptors (Lipinski definition) is 4. The molecule has 54 heavy (non-hydrogen) atoms. The molecule has 1 saturated heterocycles. The molecule has 0 amide bonds. The van der Waals surface area contributed by atoms with Gasteiger partial charge in [0.25, 0.3) is 0 Å². The van der Waals surface area contributed by atoms with Crippen molar-refractivity contribution in [2.24, 2.45) is 4.99 Å². The van der Waals surface area contributed by atoms with E-state index in [1.165, 1.54) is 65.8 Å². The van der Waals surface area contributed by atoms with E-state index in [1.807, 2.05) is 0 Å². The van der Waals surface area contributed by atoms with Crippen molar-refractivity contribution >= 4 is 43.7 Å². The van der Waals surface area contributed by atoms with Gasteiger partial charge in [-0.1, -0.05) is 127 Å². The maximum absolute atomic E-state index is 5.39. The van der Waals surface area contributed by atoms with Crippen LogP contribution in [0.3, 0.4) is 0 Å². The SMILES string of the molecule is CC1=CC(c2ccc(-c3cc(C4=NC(c5ccccc5)NC(c5ccccc5)=C4)cc(-c4cc5ccc6cccc7ccc(c4)c5c67)c3)cc2)N2C(C)N12. The number of rotatable bonds is 6. The highest BCUT2D eigenvalue weighted by atomic mass is 15.9. The molecule has 258 valence electrons. The first-order valence-electron chi connectivity index (χ1n) is 18.9. The smallest absolute Gasteiger partial charge is 0.145 e. The van der Waals surface area contributed by atoms with Crippen LogP contribution >= 0.6 is 0 Å². The fourth-order valence-corrected chi connectivity index (χ4v) is 8.93. The first-order chi connectivity index (χ1) is 26.6. The molecule has 3 aliphatic rings. The van der Waals surface area contributed by atoms with Gasteiger partial charge in [-0.05, 0) is 128 Å². The van der Waals surface area contributed by atoms with Crippen molar-refractivity contribution in [3.63, 3.8) is 0 Å². The lowest BCUT2D eigenvalue weighted by Gasteiger charge is -2.25. The number of aliphatic imine (C=N–C) groups is 1. The highest BCUT2D eigenvalue weighted by Gasteiger charge is 2.50. The van der Waals surface area contributed by atoms with Gasteiger partial charge in [0.2, 0.25) is 0 Å². The Morgan fingerprint density at radius 3 is 1.78 bits per heavy atom. The highest BCUT2D eigenvalue weighted by Crippen LogP contribution is 2.47. The van der Waals surface area contributed by atoms with Gasteiger partial charge in [-0.15, -0.1) is 0 Å². The fraction of sp³-hybridized carbons (Fsp3) is 0.100. The first-order valence-corrected chi connectivity index (χ1v) is 18.9. The zero-order valence-corrected chi connectivity index (χ0v) is 30.2. The van der Waals surface area contributed by atoms with Crippen molar-refractivity contribution < 1.29 is 0 Å². The molecular weight excluding hydrogens is 657 g/mol. The monoisotopic (exact) mass is 694 g/mol. The second kappa shape index (κ2) is 12.0. The van der Waals surface area contributed by atoms with Crippen LogP contribution in [0.2, 0.25) is 0 Å². The third-order valence-corrected chi connectivity index (χ3v) is 11.6. The molecule has 1 fully saturated rings. The molecule has 3 aliphatic heterocycles. The minimum absolute atomic E-state index is 0.215. The predicted octanol–water partition coefficient (Wildman–Crippen LogP) is 11.9. The number of benzene rings is 8. The van der Waals surface area contributed by atoms with Crippen LogP contribution in [-0.2, 0) is 0 Å². The van der Waals surface area contributed by atoms with Gasteiger partial charge in [0.15, 0.2) is 0 Å². The van der Waals surface area contributed by atoms with E-state index in [1.54, 1.807) is 0 Å². The summed E-state index contributed by atoms with van der Waals surface area (Å²) in [6, 6.07) is 58.0. The molecule has 3 heterocycles. The van der Waals surface area contributed by atoms with E-state index in [0.717, 1.165) is 28.1 Å². The van der Waals surface area contributed by atoms with Crippen LogP contribution in [0.25, 0.3) is 60.3 Å². The minimum atomic E-state index is -0.215. The van der Waals surface area contributed by atoms with E-state index >= 15 is 0 Å². The predicted molar refractivity (Wildman–Crippen MR) is 224 cm³/mol. The molecule has 11 rings (SSSR count). The number of fused-ring (bicyclic) bond motifs is 1. The van der Waals surface area contributed by atoms with Crippen molar-refractivity contribution in [3.05, 3.63) is 198 Å². The summed E-state index contributed by atoms with van der Waals surface area (Å²) in [5, 5.41) is 16.3. The van der Waals surface area contributed by atoms with E-state index in [4.69, 9.17) is 4.99 Å². The van der Waals surface area contributed by atoms with Crippen molar-refractivity contribution in [3.8, 4) is 22.3 Å². The van der Waals surface area contributed by atoms with Crippen LogP contribution in [-0.4, -0.2) is 21.9 Å². The lowest BCUT2D eigenvalue weighted by molar-refractivity contribution is 0.350. The molecule has 0 saturated carbocycles. The summed E-state index contributed by atoms with van der Waals surface area (Å²) in [6.07, 6.45) is 4.83. The standard InChI is InChI=1S/C50H38N4/c1-31-24-47(54-32(2)53(31)54)35-18-16-33(17-19-35)41-27-43(42-25-39-22-20-36-14-9-15-37-21-23-40(26-42)49(39)48(36)37)29-44(28-41)46-30-45(34-10-5-3-6-11-34)51-50(52-46)38-12-7-4-8-13-38/h3-30,32,47,50-51H,1-2H3. The number of nitrogens with zero attached hydrogens (tertiary/aromatic N) is 3. The van der Waals surface area contributed by atoms with E-state index in [-0.39, 0.29) is 12.2 Å². The van der Waals surface area contributed by atoms with Gasteiger partial charge in [0.05, 0.1) is 11.8 Å². The molecule has 4 nitrogen and oxygen atoms in total. The van der Waals surface area contributed by atoms with Crippen molar-refractivity contribution in [2.75, 3.05) is 0 Å². The zero-order chi connectivity index (χ0) is 35.9. The number of hydrazine groups is 1. The van der Waals surface area contributed by atoms with Crippen LogP contribution in [0.4, 0.5) is 0 Å². The molecular formula is C50H38N4. The van der Waals surface area contributed by atoms with Gasteiger partial charge in [-0.3, -0.25) is 10.0 Å². The minimum Gasteiger partial charge on any atom is -0.360 e. The first kappa shape index (κ1) is 31.1. The van der Waals surface area contributed by atoms with Gasteiger partial charge in [0, 0.05) is 17.0 Å². The summed E-state index contributed by atoms with van der Waals surface area (Å²) < 4.78 is 0. The normalized spacial score (nSPS) is 20.5. The Morgan fingerprint density at radius 2 is 1.11 bits per heavy atom. The van der Waals surface area contributed by atoms with Crippen LogP contribution in [0.1, 0.15) is 48.3 Å². The topological polar surface area (TPSA) is 30.4 Å². The van der Waals surface area contributed by atoms with Crippen molar-refractivity contribution in [1.82, 2.24) is 15.3 Å². The molecule has 0 spiro atoms. The number of nitrogens with one attached hydrogen (secondary N) is 1. The Bertz CT molecular complexity index is 2770. The molecule has 0 aromatic heterocycles. The van der Waals surface area contributed by atoms with Crippen molar-refractivity contribution in [2.45, 2.75) is 32.2 Å². The van der Waals surface area contributed by atoms with E-state index < -0.39 is 0 Å². The molecule has 8 aromatic rings. The lowest BCUT2D eigenvalue weighted by atomic mass is 9.89. The van der Waals surface area contributed by atoms with E-state index in [2.05, 4.69) is 199 Å². The molecule has 4 unspecified atom stereocenters. The summed E-state index contributed by atoms with van der Waals surface area (Å²) in [5.74, 6) is 0. The fourth-order valence-electron chi connectivity index (χ4n) is 8.93. The van der Waals surface area contributed by atoms with Gasteiger partial charge in [-0.2, -0.15) is 5.01 Å². The van der Waals surface area contributed by atoms with E-state index in [0.29, 0.717) is 6.17 Å². The Balaban J connectivity index is 1.08. The summed E-state index contributed by atoms with van der Waals surface area (Å²) in [7, 11) is 0. The van der Waals surface area contributed by atoms with Gasteiger partial charge in [0.1, 0.15) is 12.3 Å². The van der Waals surface area contributed by atoms with Crippen LogP contribution < -0.4 is 5.32 Å². The van der Waals surface area contributed by atoms with Gasteiger partial charge >= 0.3 is 0 Å². The third kappa shape index (κ3) is 5.06. The van der Waals surface area contributed by atoms with Gasteiger partial charge < -0.3 is 5.32 Å². The lowest BCUT2D eigenvalue weighted by Crippen LogP contribution is -2.24. The maximum Gasteiger partial charge on any atom is 0.145 e. The third-order valence-electron chi connectivity index (χ3n) is 11.6. The molecule has 0 aliphatic carbocycles.